The Labute approximate surface area is 131 Å². The highest BCUT2D eigenvalue weighted by molar-refractivity contribution is 7.85. The van der Waals surface area contributed by atoms with Crippen LogP contribution >= 0.6 is 23.2 Å². The smallest absolute Gasteiger partial charge is 0.223 e. The number of amides is 1. The summed E-state index contributed by atoms with van der Waals surface area (Å²) < 4.78 is 12.1. The minimum atomic E-state index is -1.34. The first kappa shape index (κ1) is 17.4. The van der Waals surface area contributed by atoms with Gasteiger partial charge >= 0.3 is 0 Å². The third kappa shape index (κ3) is 5.40. The first-order valence-electron chi connectivity index (χ1n) is 6.23. The van der Waals surface area contributed by atoms with Gasteiger partial charge in [-0.15, -0.1) is 0 Å². The average Bonchev–Trinajstić information content (AvgIpc) is 2.44. The summed E-state index contributed by atoms with van der Waals surface area (Å²) in [7, 11) is 0.379. The van der Waals surface area contributed by atoms with E-state index in [9.17, 15) is 9.00 Å². The summed E-state index contributed by atoms with van der Waals surface area (Å²) in [6.07, 6.45) is 0.960. The van der Waals surface area contributed by atoms with E-state index in [0.717, 1.165) is 6.42 Å². The standard InChI is InChI=1S/C13H18Cl2N2O2S/c1-17(7-2-6-16)13(18)5-8-20(19)12-9-10(14)3-4-11(12)15/h3-4,9H,2,5-8,16H2,1H3. The monoisotopic (exact) mass is 336 g/mol. The largest absolute Gasteiger partial charge is 0.346 e. The molecule has 0 fully saturated rings. The van der Waals surface area contributed by atoms with Crippen LogP contribution in [0.3, 0.4) is 0 Å². The number of halogens is 2. The molecule has 1 unspecified atom stereocenters. The van der Waals surface area contributed by atoms with Gasteiger partial charge in [0.1, 0.15) is 0 Å². The summed E-state index contributed by atoms with van der Waals surface area (Å²) >= 11 is 11.8. The van der Waals surface area contributed by atoms with Crippen molar-refractivity contribution in [2.24, 2.45) is 5.73 Å². The van der Waals surface area contributed by atoms with Gasteiger partial charge in [0.25, 0.3) is 0 Å². The fourth-order valence-electron chi connectivity index (χ4n) is 1.59. The molecule has 112 valence electrons. The molecule has 0 saturated carbocycles. The molecule has 1 rings (SSSR count). The third-order valence-corrected chi connectivity index (χ3v) is 4.84. The molecule has 0 aromatic heterocycles. The molecule has 1 amide bonds. The molecule has 1 atom stereocenters. The van der Waals surface area contributed by atoms with Crippen molar-refractivity contribution in [1.82, 2.24) is 4.90 Å². The summed E-state index contributed by atoms with van der Waals surface area (Å²) in [6, 6.07) is 4.81. The van der Waals surface area contributed by atoms with Gasteiger partial charge in [0.2, 0.25) is 5.91 Å². The van der Waals surface area contributed by atoms with E-state index in [1.54, 1.807) is 30.1 Å². The molecule has 0 heterocycles. The second-order valence-electron chi connectivity index (χ2n) is 4.33. The summed E-state index contributed by atoms with van der Waals surface area (Å²) in [4.78, 5) is 13.9. The van der Waals surface area contributed by atoms with Crippen molar-refractivity contribution < 1.29 is 9.00 Å². The van der Waals surface area contributed by atoms with Crippen molar-refractivity contribution >= 4 is 39.9 Å². The quantitative estimate of drug-likeness (QED) is 0.830. The Hall–Kier alpha value is -0.620. The van der Waals surface area contributed by atoms with E-state index in [1.807, 2.05) is 0 Å². The molecular weight excluding hydrogens is 319 g/mol. The van der Waals surface area contributed by atoms with Gasteiger partial charge in [-0.25, -0.2) is 0 Å². The van der Waals surface area contributed by atoms with E-state index in [0.29, 0.717) is 28.0 Å². The molecule has 1 aromatic rings. The lowest BCUT2D eigenvalue weighted by Gasteiger charge is -2.16. The molecule has 0 aliphatic heterocycles. The van der Waals surface area contributed by atoms with Crippen LogP contribution in [-0.2, 0) is 15.6 Å². The second-order valence-corrected chi connectivity index (χ2v) is 6.71. The van der Waals surface area contributed by atoms with Gasteiger partial charge in [-0.2, -0.15) is 0 Å². The van der Waals surface area contributed by atoms with Gasteiger partial charge in [-0.3, -0.25) is 9.00 Å². The van der Waals surface area contributed by atoms with Crippen LogP contribution in [0.1, 0.15) is 12.8 Å². The number of nitrogens with two attached hydrogens (primary N) is 1. The van der Waals surface area contributed by atoms with E-state index in [4.69, 9.17) is 28.9 Å². The van der Waals surface area contributed by atoms with Crippen molar-refractivity contribution in [2.75, 3.05) is 25.9 Å². The van der Waals surface area contributed by atoms with Crippen molar-refractivity contribution in [3.63, 3.8) is 0 Å². The maximum absolute atomic E-state index is 12.1. The van der Waals surface area contributed by atoms with E-state index < -0.39 is 10.8 Å². The van der Waals surface area contributed by atoms with Crippen LogP contribution in [0.2, 0.25) is 10.0 Å². The summed E-state index contributed by atoms with van der Waals surface area (Å²) in [6.45, 7) is 1.15. The summed E-state index contributed by atoms with van der Waals surface area (Å²) in [5, 5.41) is 0.876. The maximum Gasteiger partial charge on any atom is 0.223 e. The van der Waals surface area contributed by atoms with Crippen LogP contribution in [-0.4, -0.2) is 40.9 Å². The first-order valence-corrected chi connectivity index (χ1v) is 8.30. The number of hydrogen-bond acceptors (Lipinski definition) is 3. The van der Waals surface area contributed by atoms with Crippen LogP contribution in [0.5, 0.6) is 0 Å². The van der Waals surface area contributed by atoms with Crippen LogP contribution in [0.15, 0.2) is 23.1 Å². The molecule has 1 aromatic carbocycles. The molecule has 0 saturated heterocycles. The first-order chi connectivity index (χ1) is 9.45. The highest BCUT2D eigenvalue weighted by atomic mass is 35.5. The number of nitrogens with zero attached hydrogens (tertiary/aromatic N) is 1. The number of hydrogen-bond donors (Lipinski definition) is 1. The predicted octanol–water partition coefficient (Wildman–Crippen LogP) is 2.30. The zero-order valence-electron chi connectivity index (χ0n) is 11.3. The second kappa shape index (κ2) is 8.62. The van der Waals surface area contributed by atoms with Gasteiger partial charge in [0.15, 0.2) is 0 Å². The van der Waals surface area contributed by atoms with Crippen molar-refractivity contribution in [2.45, 2.75) is 17.7 Å². The molecule has 20 heavy (non-hydrogen) atoms. The van der Waals surface area contributed by atoms with Gasteiger partial charge < -0.3 is 10.6 Å². The van der Waals surface area contributed by atoms with Crippen molar-refractivity contribution in [3.05, 3.63) is 28.2 Å². The molecule has 4 nitrogen and oxygen atoms in total. The lowest BCUT2D eigenvalue weighted by Crippen LogP contribution is -2.29. The Bertz CT molecular complexity index is 497. The van der Waals surface area contributed by atoms with Crippen molar-refractivity contribution in [1.29, 1.82) is 0 Å². The maximum atomic E-state index is 12.1. The Morgan fingerprint density at radius 2 is 2.10 bits per heavy atom. The van der Waals surface area contributed by atoms with E-state index >= 15 is 0 Å². The topological polar surface area (TPSA) is 63.4 Å². The zero-order chi connectivity index (χ0) is 15.1. The molecule has 0 radical (unpaired) electrons. The lowest BCUT2D eigenvalue weighted by molar-refractivity contribution is -0.129. The van der Waals surface area contributed by atoms with Crippen molar-refractivity contribution in [3.8, 4) is 0 Å². The fraction of sp³-hybridized carbons (Fsp3) is 0.462. The molecule has 0 bridgehead atoms. The lowest BCUT2D eigenvalue weighted by atomic mass is 10.3. The minimum absolute atomic E-state index is 0.0510. The molecule has 0 aliphatic carbocycles. The highest BCUT2D eigenvalue weighted by Crippen LogP contribution is 2.24. The van der Waals surface area contributed by atoms with E-state index in [-0.39, 0.29) is 18.1 Å². The Morgan fingerprint density at radius 1 is 1.40 bits per heavy atom. The molecule has 2 N–H and O–H groups in total. The molecular formula is C13H18Cl2N2O2S. The van der Waals surface area contributed by atoms with Crippen LogP contribution in [0.25, 0.3) is 0 Å². The Balaban J connectivity index is 2.55. The van der Waals surface area contributed by atoms with Gasteiger partial charge in [0.05, 0.1) is 20.7 Å². The number of carbonyl (C=O) groups excluding carboxylic acids is 1. The number of benzene rings is 1. The van der Waals surface area contributed by atoms with Crippen LogP contribution < -0.4 is 5.73 Å². The predicted molar refractivity (Wildman–Crippen MR) is 83.7 cm³/mol. The van der Waals surface area contributed by atoms with Gasteiger partial charge in [-0.05, 0) is 31.2 Å². The minimum Gasteiger partial charge on any atom is -0.346 e. The van der Waals surface area contributed by atoms with Gasteiger partial charge in [-0.1, -0.05) is 23.2 Å². The molecule has 0 aliphatic rings. The highest BCUT2D eigenvalue weighted by Gasteiger charge is 2.14. The normalized spacial score (nSPS) is 12.2. The molecule has 0 spiro atoms. The Morgan fingerprint density at radius 3 is 2.75 bits per heavy atom. The third-order valence-electron chi connectivity index (χ3n) is 2.76. The van der Waals surface area contributed by atoms with Crippen LogP contribution in [0.4, 0.5) is 0 Å². The van der Waals surface area contributed by atoms with Gasteiger partial charge in [0, 0.05) is 30.8 Å². The molecule has 7 heteroatoms. The SMILES string of the molecule is CN(CCCN)C(=O)CCS(=O)c1cc(Cl)ccc1Cl. The Kier molecular flexibility index (Phi) is 7.51. The van der Waals surface area contributed by atoms with Crippen LogP contribution in [0, 0.1) is 0 Å². The van der Waals surface area contributed by atoms with E-state index in [1.165, 1.54) is 0 Å². The summed E-state index contributed by atoms with van der Waals surface area (Å²) in [5.74, 6) is 0.177. The zero-order valence-corrected chi connectivity index (χ0v) is 13.6. The van der Waals surface area contributed by atoms with E-state index in [2.05, 4.69) is 0 Å². The average molecular weight is 337 g/mol. The summed E-state index contributed by atoms with van der Waals surface area (Å²) in [5.41, 5.74) is 5.39. The fourth-order valence-corrected chi connectivity index (χ4v) is 3.32. The number of carbonyl (C=O) groups is 1. The number of rotatable bonds is 7.